The number of ether oxygens (including phenoxy) is 2. The van der Waals surface area contributed by atoms with Crippen LogP contribution in [0, 0.1) is 0 Å². The molecule has 0 unspecified atom stereocenters. The molecule has 0 aliphatic carbocycles. The Morgan fingerprint density at radius 3 is 2.67 bits per heavy atom. The molecule has 0 saturated carbocycles. The van der Waals surface area contributed by atoms with Crippen LogP contribution in [0.4, 0.5) is 4.79 Å². The van der Waals surface area contributed by atoms with Crippen molar-refractivity contribution in [1.29, 1.82) is 0 Å². The predicted molar refractivity (Wildman–Crippen MR) is 93.3 cm³/mol. The molecule has 1 aromatic carbocycles. The predicted octanol–water partition coefficient (Wildman–Crippen LogP) is 3.06. The average molecular weight is 332 g/mol. The fourth-order valence-corrected chi connectivity index (χ4v) is 3.27. The van der Waals surface area contributed by atoms with E-state index in [1.165, 1.54) is 11.1 Å². The molecule has 0 radical (unpaired) electrons. The van der Waals surface area contributed by atoms with Crippen molar-refractivity contribution in [1.82, 2.24) is 9.80 Å². The van der Waals surface area contributed by atoms with E-state index in [0.717, 1.165) is 31.7 Å². The van der Waals surface area contributed by atoms with Gasteiger partial charge in [-0.25, -0.2) is 4.79 Å². The Bertz CT molecular complexity index is 609. The van der Waals surface area contributed by atoms with E-state index in [1.54, 1.807) is 4.90 Å². The van der Waals surface area contributed by atoms with Gasteiger partial charge in [-0.1, -0.05) is 6.07 Å². The number of benzene rings is 1. The molecule has 2 aliphatic heterocycles. The van der Waals surface area contributed by atoms with E-state index in [4.69, 9.17) is 9.47 Å². The average Bonchev–Trinajstić information content (AvgIpc) is 2.90. The van der Waals surface area contributed by atoms with Crippen molar-refractivity contribution >= 4 is 6.09 Å². The van der Waals surface area contributed by atoms with Crippen LogP contribution in [0.1, 0.15) is 38.3 Å². The third-order valence-electron chi connectivity index (χ3n) is 4.49. The monoisotopic (exact) mass is 332 g/mol. The van der Waals surface area contributed by atoms with Crippen molar-refractivity contribution in [2.45, 2.75) is 51.9 Å². The zero-order chi connectivity index (χ0) is 17.3. The molecule has 1 fully saturated rings. The molecule has 0 N–H and O–H groups in total. The number of hydrogen-bond acceptors (Lipinski definition) is 4. The number of amides is 1. The summed E-state index contributed by atoms with van der Waals surface area (Å²) in [5, 5.41) is 0. The van der Waals surface area contributed by atoms with Gasteiger partial charge < -0.3 is 19.3 Å². The zero-order valence-electron chi connectivity index (χ0n) is 15.2. The van der Waals surface area contributed by atoms with Crippen molar-refractivity contribution in [2.75, 3.05) is 26.7 Å². The van der Waals surface area contributed by atoms with Crippen molar-refractivity contribution in [3.63, 3.8) is 0 Å². The van der Waals surface area contributed by atoms with Gasteiger partial charge in [0.1, 0.15) is 17.5 Å². The lowest BCUT2D eigenvalue weighted by molar-refractivity contribution is 0.0224. The molecule has 0 bridgehead atoms. The summed E-state index contributed by atoms with van der Waals surface area (Å²) >= 11 is 0. The fourth-order valence-electron chi connectivity index (χ4n) is 3.27. The van der Waals surface area contributed by atoms with Gasteiger partial charge in [-0.05, 0) is 63.9 Å². The fraction of sp³-hybridized carbons (Fsp3) is 0.632. The molecule has 5 nitrogen and oxygen atoms in total. The summed E-state index contributed by atoms with van der Waals surface area (Å²) in [6.07, 6.45) is 1.98. The Morgan fingerprint density at radius 2 is 2.00 bits per heavy atom. The molecule has 1 aromatic rings. The highest BCUT2D eigenvalue weighted by atomic mass is 16.6. The van der Waals surface area contributed by atoms with Crippen LogP contribution in [0.5, 0.6) is 5.75 Å². The number of likely N-dealkylation sites (N-methyl/N-ethyl adjacent to an activating group) is 1. The van der Waals surface area contributed by atoms with Crippen molar-refractivity contribution < 1.29 is 14.3 Å². The lowest BCUT2D eigenvalue weighted by Gasteiger charge is -2.31. The molecule has 3 rings (SSSR count). The lowest BCUT2D eigenvalue weighted by Crippen LogP contribution is -2.39. The first-order chi connectivity index (χ1) is 11.3. The molecular formula is C19H28N2O3. The first-order valence-corrected chi connectivity index (χ1v) is 8.75. The second kappa shape index (κ2) is 6.63. The van der Waals surface area contributed by atoms with Crippen molar-refractivity contribution in [2.24, 2.45) is 0 Å². The quantitative estimate of drug-likeness (QED) is 0.835. The van der Waals surface area contributed by atoms with E-state index >= 15 is 0 Å². The van der Waals surface area contributed by atoms with Crippen LogP contribution in [0.15, 0.2) is 18.2 Å². The van der Waals surface area contributed by atoms with Crippen LogP contribution in [0.25, 0.3) is 0 Å². The summed E-state index contributed by atoms with van der Waals surface area (Å²) in [6, 6.07) is 6.25. The number of carbonyl (C=O) groups is 1. The number of nitrogens with zero attached hydrogens (tertiary/aromatic N) is 2. The standard InChI is InChI=1S/C19H28N2O3/c1-19(2,3)24-18(22)21-10-7-14-11-16(6-5-15(14)12-21)23-17-8-9-20(4)13-17/h5-6,11,17H,7-10,12-13H2,1-4H3/t17-/m0/s1. The van der Waals surface area contributed by atoms with Crippen LogP contribution in [0.3, 0.4) is 0 Å². The van der Waals surface area contributed by atoms with Gasteiger partial charge in [0.25, 0.3) is 0 Å². The highest BCUT2D eigenvalue weighted by Gasteiger charge is 2.26. The molecular weight excluding hydrogens is 304 g/mol. The van der Waals surface area contributed by atoms with Crippen LogP contribution in [-0.2, 0) is 17.7 Å². The number of rotatable bonds is 2. The molecule has 1 atom stereocenters. The maximum atomic E-state index is 12.2. The van der Waals surface area contributed by atoms with E-state index in [-0.39, 0.29) is 12.2 Å². The van der Waals surface area contributed by atoms with E-state index in [9.17, 15) is 4.79 Å². The minimum atomic E-state index is -0.455. The van der Waals surface area contributed by atoms with Crippen molar-refractivity contribution in [3.05, 3.63) is 29.3 Å². The number of likely N-dealkylation sites (tertiary alicyclic amines) is 1. The molecule has 132 valence electrons. The van der Waals surface area contributed by atoms with Gasteiger partial charge in [-0.3, -0.25) is 0 Å². The van der Waals surface area contributed by atoms with Gasteiger partial charge in [0.15, 0.2) is 0 Å². The molecule has 0 aromatic heterocycles. The van der Waals surface area contributed by atoms with Gasteiger partial charge in [0, 0.05) is 26.2 Å². The summed E-state index contributed by atoms with van der Waals surface area (Å²) in [7, 11) is 2.13. The zero-order valence-corrected chi connectivity index (χ0v) is 15.2. The molecule has 5 heteroatoms. The minimum absolute atomic E-state index is 0.234. The van der Waals surface area contributed by atoms with Crippen molar-refractivity contribution in [3.8, 4) is 5.75 Å². The maximum Gasteiger partial charge on any atom is 0.410 e. The second-order valence-electron chi connectivity index (χ2n) is 7.87. The summed E-state index contributed by atoms with van der Waals surface area (Å²) < 4.78 is 11.6. The molecule has 1 saturated heterocycles. The molecule has 0 spiro atoms. The van der Waals surface area contributed by atoms with Crippen LogP contribution < -0.4 is 4.74 Å². The number of carbonyl (C=O) groups excluding carboxylic acids is 1. The van der Waals surface area contributed by atoms with E-state index in [2.05, 4.69) is 24.1 Å². The van der Waals surface area contributed by atoms with Crippen LogP contribution in [-0.4, -0.2) is 54.3 Å². The largest absolute Gasteiger partial charge is 0.489 e. The highest BCUT2D eigenvalue weighted by Crippen LogP contribution is 2.26. The smallest absolute Gasteiger partial charge is 0.410 e. The van der Waals surface area contributed by atoms with Gasteiger partial charge in [0.05, 0.1) is 0 Å². The van der Waals surface area contributed by atoms with Crippen LogP contribution in [0.2, 0.25) is 0 Å². The maximum absolute atomic E-state index is 12.2. The first kappa shape index (κ1) is 17.1. The summed E-state index contributed by atoms with van der Waals surface area (Å²) in [5.41, 5.74) is 2.01. The third-order valence-corrected chi connectivity index (χ3v) is 4.49. The van der Waals surface area contributed by atoms with E-state index in [0.29, 0.717) is 13.1 Å². The number of hydrogen-bond donors (Lipinski definition) is 0. The van der Waals surface area contributed by atoms with Gasteiger partial charge in [0.2, 0.25) is 0 Å². The Balaban J connectivity index is 1.63. The van der Waals surface area contributed by atoms with Crippen LogP contribution >= 0.6 is 0 Å². The Labute approximate surface area is 144 Å². The van der Waals surface area contributed by atoms with Gasteiger partial charge >= 0.3 is 6.09 Å². The summed E-state index contributed by atoms with van der Waals surface area (Å²) in [4.78, 5) is 16.3. The number of fused-ring (bicyclic) bond motifs is 1. The third kappa shape index (κ3) is 4.20. The first-order valence-electron chi connectivity index (χ1n) is 8.75. The minimum Gasteiger partial charge on any atom is -0.489 e. The molecule has 1 amide bonds. The van der Waals surface area contributed by atoms with E-state index in [1.807, 2.05) is 26.8 Å². The Kier molecular flexibility index (Phi) is 4.72. The molecule has 24 heavy (non-hydrogen) atoms. The van der Waals surface area contributed by atoms with Gasteiger partial charge in [-0.2, -0.15) is 0 Å². The summed E-state index contributed by atoms with van der Waals surface area (Å²) in [6.45, 7) is 9.07. The SMILES string of the molecule is CN1CC[C@H](Oc2ccc3c(c2)CCN(C(=O)OC(C)(C)C)C3)C1. The molecule has 2 heterocycles. The second-order valence-corrected chi connectivity index (χ2v) is 7.87. The van der Waals surface area contributed by atoms with Gasteiger partial charge in [-0.15, -0.1) is 0 Å². The highest BCUT2D eigenvalue weighted by molar-refractivity contribution is 5.68. The summed E-state index contributed by atoms with van der Waals surface area (Å²) in [5.74, 6) is 0.944. The molecule has 2 aliphatic rings. The lowest BCUT2D eigenvalue weighted by atomic mass is 10.00. The Hall–Kier alpha value is -1.75. The van der Waals surface area contributed by atoms with E-state index < -0.39 is 5.60 Å². The Morgan fingerprint density at radius 1 is 1.21 bits per heavy atom. The topological polar surface area (TPSA) is 42.0 Å². The normalized spacial score (nSPS) is 21.5.